The van der Waals surface area contributed by atoms with Crippen LogP contribution in [0.1, 0.15) is 55.2 Å². The molecule has 4 saturated carbocycles. The maximum atomic E-state index is 7.19. The van der Waals surface area contributed by atoms with Crippen molar-refractivity contribution in [3.05, 3.63) is 71.8 Å². The number of piperidine rings is 1. The zero-order valence-electron chi connectivity index (χ0n) is 23.6. The lowest BCUT2D eigenvalue weighted by Crippen LogP contribution is -2.81. The van der Waals surface area contributed by atoms with Gasteiger partial charge in [0.15, 0.2) is 0 Å². The van der Waals surface area contributed by atoms with Crippen molar-refractivity contribution in [3.63, 3.8) is 0 Å². The Morgan fingerprint density at radius 3 is 2.73 bits per heavy atom. The molecule has 0 N–H and O–H groups in total. The Morgan fingerprint density at radius 1 is 1.07 bits per heavy atom. The van der Waals surface area contributed by atoms with Gasteiger partial charge in [0.2, 0.25) is 0 Å². The number of aromatic nitrogens is 2. The van der Waals surface area contributed by atoms with Crippen molar-refractivity contribution >= 4 is 0 Å². The fraction of sp³-hybridized carbons (Fsp3) is 0.559. The highest BCUT2D eigenvalue weighted by Crippen LogP contribution is 2.76. The first-order valence-corrected chi connectivity index (χ1v) is 15.4. The van der Waals surface area contributed by atoms with Crippen LogP contribution in [-0.4, -0.2) is 59.0 Å². The summed E-state index contributed by atoms with van der Waals surface area (Å²) >= 11 is 0. The average molecular weight is 538 g/mol. The predicted molar refractivity (Wildman–Crippen MR) is 152 cm³/mol. The molecule has 5 fully saturated rings. The molecular weight excluding hydrogens is 498 g/mol. The quantitative estimate of drug-likeness (QED) is 0.399. The molecule has 5 aliphatic carbocycles. The Balaban J connectivity index is 1.10. The predicted octanol–water partition coefficient (Wildman–Crippen LogP) is 5.48. The molecule has 1 saturated heterocycles. The lowest BCUT2D eigenvalue weighted by atomic mass is 9.35. The zero-order valence-corrected chi connectivity index (χ0v) is 23.6. The fourth-order valence-corrected chi connectivity index (χ4v) is 10.2. The number of rotatable bonds is 7. The monoisotopic (exact) mass is 537 g/mol. The van der Waals surface area contributed by atoms with Crippen molar-refractivity contribution in [2.24, 2.45) is 17.3 Å². The van der Waals surface area contributed by atoms with E-state index in [2.05, 4.69) is 53.2 Å². The van der Waals surface area contributed by atoms with E-state index in [9.17, 15) is 0 Å². The van der Waals surface area contributed by atoms with E-state index in [0.717, 1.165) is 36.6 Å². The molecule has 4 bridgehead atoms. The van der Waals surface area contributed by atoms with Crippen LogP contribution in [0.4, 0.5) is 0 Å². The van der Waals surface area contributed by atoms with Gasteiger partial charge in [-0.3, -0.25) is 4.90 Å². The third kappa shape index (κ3) is 2.89. The van der Waals surface area contributed by atoms with E-state index in [1.807, 2.05) is 24.2 Å². The Labute approximate surface area is 236 Å². The number of fused-ring (bicyclic) bond motifs is 2. The number of likely N-dealkylation sites (tertiary alicyclic amines) is 1. The molecule has 40 heavy (non-hydrogen) atoms. The van der Waals surface area contributed by atoms with Crippen molar-refractivity contribution in [1.29, 1.82) is 0 Å². The largest absolute Gasteiger partial charge is 0.493 e. The van der Waals surface area contributed by atoms with Gasteiger partial charge in [0.25, 0.3) is 0 Å². The molecular formula is C34H39N3O3. The number of aryl methyl sites for hydroxylation is 1. The summed E-state index contributed by atoms with van der Waals surface area (Å²) in [5.74, 6) is 3.29. The van der Waals surface area contributed by atoms with Crippen molar-refractivity contribution in [1.82, 2.24) is 14.5 Å². The van der Waals surface area contributed by atoms with Crippen LogP contribution in [0.2, 0.25) is 0 Å². The van der Waals surface area contributed by atoms with Gasteiger partial charge in [-0.25, -0.2) is 4.98 Å². The van der Waals surface area contributed by atoms with E-state index in [1.165, 1.54) is 50.1 Å². The Bertz CT molecular complexity index is 1470. The first kappa shape index (κ1) is 23.8. The van der Waals surface area contributed by atoms with Gasteiger partial charge in [-0.05, 0) is 99.7 Å². The van der Waals surface area contributed by atoms with Crippen molar-refractivity contribution < 1.29 is 14.2 Å². The molecule has 6 atom stereocenters. The Hall–Kier alpha value is -2.83. The van der Waals surface area contributed by atoms with Crippen molar-refractivity contribution in [2.75, 3.05) is 26.8 Å². The molecule has 0 amide bonds. The molecule has 2 spiro atoms. The summed E-state index contributed by atoms with van der Waals surface area (Å²) in [4.78, 5) is 7.09. The van der Waals surface area contributed by atoms with Gasteiger partial charge in [-0.1, -0.05) is 12.1 Å². The number of hydrogen-bond donors (Lipinski definition) is 0. The molecule has 3 heterocycles. The van der Waals surface area contributed by atoms with Gasteiger partial charge in [0, 0.05) is 60.1 Å². The molecule has 0 radical (unpaired) electrons. The van der Waals surface area contributed by atoms with Crippen LogP contribution in [-0.2, 0) is 16.6 Å². The molecule has 2 aromatic carbocycles. The minimum absolute atomic E-state index is 0.0594. The van der Waals surface area contributed by atoms with Crippen LogP contribution in [0.15, 0.2) is 55.1 Å². The molecule has 10 rings (SSSR count). The molecule has 0 unspecified atom stereocenters. The minimum atomic E-state index is -0.332. The molecule has 208 valence electrons. The summed E-state index contributed by atoms with van der Waals surface area (Å²) in [5.41, 5.74) is 5.43. The van der Waals surface area contributed by atoms with Gasteiger partial charge >= 0.3 is 0 Å². The number of ether oxygens (including phenoxy) is 3. The number of nitrogens with zero attached hydrogens (tertiary/aromatic N) is 3. The maximum absolute atomic E-state index is 7.19. The summed E-state index contributed by atoms with van der Waals surface area (Å²) in [7, 11) is 1.94. The lowest BCUT2D eigenvalue weighted by molar-refractivity contribution is -0.280. The molecule has 2 aliphatic heterocycles. The zero-order chi connectivity index (χ0) is 26.7. The van der Waals surface area contributed by atoms with Gasteiger partial charge in [-0.2, -0.15) is 0 Å². The average Bonchev–Trinajstić information content (AvgIpc) is 3.47. The van der Waals surface area contributed by atoms with E-state index < -0.39 is 0 Å². The summed E-state index contributed by atoms with van der Waals surface area (Å²) in [6.07, 6.45) is 14.3. The van der Waals surface area contributed by atoms with Gasteiger partial charge in [-0.15, -0.1) is 0 Å². The molecule has 1 aromatic heterocycles. The molecule has 3 aromatic rings. The highest BCUT2D eigenvalue weighted by molar-refractivity contribution is 5.61. The first-order chi connectivity index (χ1) is 19.6. The lowest BCUT2D eigenvalue weighted by Gasteiger charge is -2.73. The second-order valence-corrected chi connectivity index (χ2v) is 13.6. The van der Waals surface area contributed by atoms with Gasteiger partial charge in [0.1, 0.15) is 23.2 Å². The topological polar surface area (TPSA) is 48.8 Å². The van der Waals surface area contributed by atoms with Crippen molar-refractivity contribution in [3.8, 4) is 17.2 Å². The summed E-state index contributed by atoms with van der Waals surface area (Å²) in [6.45, 7) is 5.37. The van der Waals surface area contributed by atoms with E-state index in [0.29, 0.717) is 12.6 Å². The Kier molecular flexibility index (Phi) is 4.85. The molecule has 6 nitrogen and oxygen atoms in total. The molecule has 6 heteroatoms. The summed E-state index contributed by atoms with van der Waals surface area (Å²) in [6, 6.07) is 13.7. The third-order valence-electron chi connectivity index (χ3n) is 12.1. The fourth-order valence-electron chi connectivity index (χ4n) is 10.2. The second kappa shape index (κ2) is 8.13. The van der Waals surface area contributed by atoms with Crippen LogP contribution in [0.5, 0.6) is 11.5 Å². The molecule has 7 aliphatic rings. The standard InChI is InChI=1S/C34H39N3O3/c1-22-3-6-24-17-28-32-11-12-34(38-2,25(18-32)20-39-27-9-7-26(8-10-27)37-16-14-35-21-37)31-33(32,29(24)30(22)40-31)13-15-36(28)19-23-4-5-23/h3,6-10,14,16,21,23,25,28,31H,4-5,11-13,15,17-20H2,1-2H3/t25-,28-,31-,32-,33+,34-/m1/s1. The first-order valence-electron chi connectivity index (χ1n) is 15.4. The normalized spacial score (nSPS) is 36.8. The van der Waals surface area contributed by atoms with Gasteiger partial charge in [0.05, 0.1) is 12.9 Å². The number of methoxy groups -OCH3 is 1. The van der Waals surface area contributed by atoms with E-state index in [-0.39, 0.29) is 28.5 Å². The van der Waals surface area contributed by atoms with Crippen LogP contribution < -0.4 is 9.47 Å². The Morgan fingerprint density at radius 2 is 1.95 bits per heavy atom. The van der Waals surface area contributed by atoms with Crippen LogP contribution in [0.3, 0.4) is 0 Å². The SMILES string of the molecule is CO[C@]12CC[C@@]3(C[C@@H]1COc1ccc(-n4ccnc4)cc1)[C@H]1Cc4ccc(C)c5c4[C@@]3(CCN1CC1CC1)[C@H]2O5. The van der Waals surface area contributed by atoms with Crippen LogP contribution in [0, 0.1) is 24.2 Å². The van der Waals surface area contributed by atoms with Gasteiger partial charge < -0.3 is 18.8 Å². The highest BCUT2D eigenvalue weighted by Gasteiger charge is 2.80. The smallest absolute Gasteiger partial charge is 0.138 e. The summed E-state index contributed by atoms with van der Waals surface area (Å²) in [5, 5.41) is 0. The van der Waals surface area contributed by atoms with Crippen LogP contribution >= 0.6 is 0 Å². The van der Waals surface area contributed by atoms with Crippen LogP contribution in [0.25, 0.3) is 5.69 Å². The van der Waals surface area contributed by atoms with E-state index >= 15 is 0 Å². The van der Waals surface area contributed by atoms with Crippen molar-refractivity contribution in [2.45, 2.75) is 75.0 Å². The minimum Gasteiger partial charge on any atom is -0.493 e. The van der Waals surface area contributed by atoms with E-state index in [4.69, 9.17) is 14.2 Å². The number of hydrogen-bond acceptors (Lipinski definition) is 5. The third-order valence-corrected chi connectivity index (χ3v) is 12.1. The number of benzene rings is 2. The summed E-state index contributed by atoms with van der Waals surface area (Å²) < 4.78 is 22.5. The number of imidazole rings is 1. The highest BCUT2D eigenvalue weighted by atomic mass is 16.6. The van der Waals surface area contributed by atoms with E-state index in [1.54, 1.807) is 17.3 Å². The maximum Gasteiger partial charge on any atom is 0.138 e. The second-order valence-electron chi connectivity index (χ2n) is 13.6.